The van der Waals surface area contributed by atoms with Gasteiger partial charge in [-0.15, -0.1) is 0 Å². The summed E-state index contributed by atoms with van der Waals surface area (Å²) in [6.07, 6.45) is 17.0. The first-order valence-corrected chi connectivity index (χ1v) is 15.3. The summed E-state index contributed by atoms with van der Waals surface area (Å²) in [4.78, 5) is 16.9. The molecule has 8 atom stereocenters. The van der Waals surface area contributed by atoms with E-state index in [1.54, 1.807) is 0 Å². The fraction of sp³-hybridized carbons (Fsp3) is 0.676. The van der Waals surface area contributed by atoms with Crippen LogP contribution in [-0.4, -0.2) is 52.2 Å². The highest BCUT2D eigenvalue weighted by atomic mass is 16.3. The molecule has 1 heterocycles. The van der Waals surface area contributed by atoms with Gasteiger partial charge in [0, 0.05) is 33.9 Å². The number of hydrogen-bond acceptors (Lipinski definition) is 4. The van der Waals surface area contributed by atoms with E-state index in [0.29, 0.717) is 12.3 Å². The molecule has 1 aliphatic heterocycles. The van der Waals surface area contributed by atoms with E-state index >= 15 is 0 Å². The minimum atomic E-state index is -0.723. The Balaban J connectivity index is 1.36. The lowest BCUT2D eigenvalue weighted by Gasteiger charge is -2.71. The number of carbonyl (C=O) groups is 1. The third-order valence-electron chi connectivity index (χ3n) is 12.9. The van der Waals surface area contributed by atoms with Crippen LogP contribution in [-0.2, 0) is 0 Å². The fourth-order valence-corrected chi connectivity index (χ4v) is 10.8. The van der Waals surface area contributed by atoms with E-state index in [2.05, 4.69) is 37.0 Å². The maximum Gasteiger partial charge on any atom is 0.189 e. The summed E-state index contributed by atoms with van der Waals surface area (Å²) in [5.74, 6) is 0.744. The normalized spacial score (nSPS) is 47.7. The molecule has 7 aliphatic rings. The van der Waals surface area contributed by atoms with Crippen LogP contribution < -0.4 is 0 Å². The average molecular weight is 516 g/mol. The van der Waals surface area contributed by atoms with Crippen molar-refractivity contribution in [1.82, 2.24) is 4.90 Å². The molecule has 3 saturated carbocycles. The molecule has 1 saturated heterocycles. The molecular formula is C34H45NO3. The molecule has 4 fully saturated rings. The standard InChI is InChI=1S/C34H45NO3/c1-30-14-11-25(36)21-32(30)17-18-34(26(22-32)29(37)24-9-5-3-6-10-24)27(30)12-15-31(2)28(34)13-16-33(31,38)23-35-19-7-4-8-20-35/h3,5-6,9-10,17-18,22,25,27-28,36,38H,4,7-8,11-16,19-21,23H2,1-2H3. The van der Waals surface area contributed by atoms with E-state index in [-0.39, 0.29) is 39.5 Å². The highest BCUT2D eigenvalue weighted by Gasteiger charge is 2.74. The summed E-state index contributed by atoms with van der Waals surface area (Å²) in [6.45, 7) is 7.78. The maximum atomic E-state index is 14.4. The van der Waals surface area contributed by atoms with Gasteiger partial charge in [-0.3, -0.25) is 4.79 Å². The van der Waals surface area contributed by atoms with Crippen molar-refractivity contribution in [2.24, 2.45) is 33.5 Å². The third-order valence-corrected chi connectivity index (χ3v) is 12.9. The highest BCUT2D eigenvalue weighted by molar-refractivity contribution is 6.10. The van der Waals surface area contributed by atoms with Gasteiger partial charge in [-0.1, -0.05) is 68.8 Å². The van der Waals surface area contributed by atoms with Crippen LogP contribution in [0.25, 0.3) is 0 Å². The number of fused-ring (bicyclic) bond motifs is 1. The molecule has 0 aromatic heterocycles. The number of allylic oxidation sites excluding steroid dienone is 4. The minimum absolute atomic E-state index is 0.0242. The van der Waals surface area contributed by atoms with Gasteiger partial charge in [0.1, 0.15) is 0 Å². The van der Waals surface area contributed by atoms with Gasteiger partial charge < -0.3 is 15.1 Å². The third kappa shape index (κ3) is 3.12. The second kappa shape index (κ2) is 8.38. The summed E-state index contributed by atoms with van der Waals surface area (Å²) >= 11 is 0. The number of likely N-dealkylation sites (tertiary alicyclic amines) is 1. The fourth-order valence-electron chi connectivity index (χ4n) is 10.8. The summed E-state index contributed by atoms with van der Waals surface area (Å²) < 4.78 is 0. The Kier molecular flexibility index (Phi) is 5.56. The second-order valence-electron chi connectivity index (χ2n) is 14.3. The van der Waals surface area contributed by atoms with Crippen LogP contribution in [0.4, 0.5) is 0 Å². The van der Waals surface area contributed by atoms with Gasteiger partial charge in [0.05, 0.1) is 11.7 Å². The molecule has 6 aliphatic carbocycles. The topological polar surface area (TPSA) is 60.8 Å². The minimum Gasteiger partial charge on any atom is -0.393 e. The monoisotopic (exact) mass is 515 g/mol. The van der Waals surface area contributed by atoms with Crippen LogP contribution in [0.1, 0.15) is 88.4 Å². The Labute approximate surface area is 228 Å². The molecule has 204 valence electrons. The molecule has 4 heteroatoms. The number of piperidine rings is 1. The lowest BCUT2D eigenvalue weighted by Crippen LogP contribution is -2.67. The van der Waals surface area contributed by atoms with Crippen molar-refractivity contribution in [3.63, 3.8) is 0 Å². The van der Waals surface area contributed by atoms with E-state index in [0.717, 1.165) is 69.3 Å². The van der Waals surface area contributed by atoms with Gasteiger partial charge >= 0.3 is 0 Å². The van der Waals surface area contributed by atoms with Crippen LogP contribution in [0.3, 0.4) is 0 Å². The number of aliphatic hydroxyl groups is 2. The first-order chi connectivity index (χ1) is 18.2. The highest BCUT2D eigenvalue weighted by Crippen LogP contribution is 2.78. The average Bonchev–Trinajstić information content (AvgIpc) is 3.19. The van der Waals surface area contributed by atoms with Gasteiger partial charge in [-0.25, -0.2) is 0 Å². The molecule has 0 radical (unpaired) electrons. The first kappa shape index (κ1) is 25.2. The summed E-state index contributed by atoms with van der Waals surface area (Å²) in [6, 6.07) is 9.81. The maximum absolute atomic E-state index is 14.4. The molecule has 4 nitrogen and oxygen atoms in total. The number of β-amino-alcohol motifs (C(OH)–C–C–N with tert-alkyl or cyclic N) is 1. The number of aliphatic hydroxyl groups excluding tert-OH is 1. The summed E-state index contributed by atoms with van der Waals surface area (Å²) in [7, 11) is 0. The van der Waals surface area contributed by atoms with Gasteiger partial charge in [0.25, 0.3) is 0 Å². The molecule has 1 aromatic rings. The van der Waals surface area contributed by atoms with Crippen LogP contribution in [0.15, 0.2) is 54.1 Å². The Bertz CT molecular complexity index is 1190. The molecule has 2 bridgehead atoms. The van der Waals surface area contributed by atoms with Crippen LogP contribution >= 0.6 is 0 Å². The van der Waals surface area contributed by atoms with Crippen molar-refractivity contribution in [2.45, 2.75) is 89.8 Å². The zero-order valence-electron chi connectivity index (χ0n) is 23.3. The molecular weight excluding hydrogens is 470 g/mol. The van der Waals surface area contributed by atoms with E-state index in [1.165, 1.54) is 19.3 Å². The number of ketones is 1. The van der Waals surface area contributed by atoms with E-state index in [9.17, 15) is 15.0 Å². The Morgan fingerprint density at radius 3 is 2.37 bits per heavy atom. The van der Waals surface area contributed by atoms with Crippen LogP contribution in [0, 0.1) is 33.5 Å². The SMILES string of the molecule is CC12CCC(O)CC13C=CC1(C(C(=O)c4ccccc4)=C3)C2CCC2(C)C1CCC2(O)CN1CCCCC1. The van der Waals surface area contributed by atoms with Crippen molar-refractivity contribution in [3.8, 4) is 0 Å². The molecule has 8 rings (SSSR count). The largest absolute Gasteiger partial charge is 0.393 e. The summed E-state index contributed by atoms with van der Waals surface area (Å²) in [5.41, 5.74) is 0.161. The molecule has 1 aromatic carbocycles. The second-order valence-corrected chi connectivity index (χ2v) is 14.3. The number of hydrogen-bond donors (Lipinski definition) is 2. The van der Waals surface area contributed by atoms with Crippen molar-refractivity contribution in [3.05, 3.63) is 59.7 Å². The molecule has 38 heavy (non-hydrogen) atoms. The molecule has 0 amide bonds. The molecule has 2 spiro atoms. The number of carbonyl (C=O) groups excluding carboxylic acids is 1. The Morgan fingerprint density at radius 1 is 0.921 bits per heavy atom. The first-order valence-electron chi connectivity index (χ1n) is 15.3. The zero-order chi connectivity index (χ0) is 26.4. The lowest BCUT2D eigenvalue weighted by molar-refractivity contribution is -0.176. The number of nitrogens with zero attached hydrogens (tertiary/aromatic N) is 1. The van der Waals surface area contributed by atoms with Crippen molar-refractivity contribution < 1.29 is 15.0 Å². The number of Topliss-reactive ketones (excluding diaryl/α,β-unsaturated/α-hetero) is 1. The van der Waals surface area contributed by atoms with Gasteiger partial charge in [0.15, 0.2) is 5.78 Å². The Hall–Kier alpha value is -1.75. The van der Waals surface area contributed by atoms with Gasteiger partial charge in [-0.05, 0) is 88.1 Å². The quantitative estimate of drug-likeness (QED) is 0.385. The van der Waals surface area contributed by atoms with Crippen molar-refractivity contribution in [1.29, 1.82) is 0 Å². The Morgan fingerprint density at radius 2 is 1.61 bits per heavy atom. The van der Waals surface area contributed by atoms with Gasteiger partial charge in [0.2, 0.25) is 0 Å². The van der Waals surface area contributed by atoms with E-state index in [4.69, 9.17) is 0 Å². The molecule has 8 unspecified atom stereocenters. The van der Waals surface area contributed by atoms with Crippen molar-refractivity contribution >= 4 is 5.78 Å². The van der Waals surface area contributed by atoms with Crippen LogP contribution in [0.5, 0.6) is 0 Å². The van der Waals surface area contributed by atoms with E-state index < -0.39 is 5.60 Å². The summed E-state index contributed by atoms with van der Waals surface area (Å²) in [5, 5.41) is 23.3. The van der Waals surface area contributed by atoms with E-state index in [1.807, 2.05) is 30.3 Å². The molecule has 2 N–H and O–H groups in total. The predicted octanol–water partition coefficient (Wildman–Crippen LogP) is 5.95. The van der Waals surface area contributed by atoms with Gasteiger partial charge in [-0.2, -0.15) is 0 Å². The number of benzene rings is 1. The number of rotatable bonds is 4. The predicted molar refractivity (Wildman–Crippen MR) is 150 cm³/mol. The van der Waals surface area contributed by atoms with Crippen molar-refractivity contribution in [2.75, 3.05) is 19.6 Å². The zero-order valence-corrected chi connectivity index (χ0v) is 23.3. The lowest BCUT2D eigenvalue weighted by atomic mass is 9.32. The van der Waals surface area contributed by atoms with Crippen LogP contribution in [0.2, 0.25) is 0 Å². The smallest absolute Gasteiger partial charge is 0.189 e.